The van der Waals surface area contributed by atoms with Crippen LogP contribution < -0.4 is 5.32 Å². The minimum absolute atomic E-state index is 0.105. The van der Waals surface area contributed by atoms with E-state index in [1.807, 2.05) is 4.68 Å². The molecule has 104 valence electrons. The van der Waals surface area contributed by atoms with Crippen LogP contribution in [0.15, 0.2) is 6.33 Å². The molecule has 0 amide bonds. The van der Waals surface area contributed by atoms with E-state index >= 15 is 0 Å². The first-order chi connectivity index (χ1) is 8.46. The fourth-order valence-corrected chi connectivity index (χ4v) is 1.76. The maximum absolute atomic E-state index is 5.85. The zero-order valence-corrected chi connectivity index (χ0v) is 12.2. The van der Waals surface area contributed by atoms with Crippen LogP contribution in [0.5, 0.6) is 0 Å². The Hall–Kier alpha value is -0.940. The van der Waals surface area contributed by atoms with Gasteiger partial charge in [-0.05, 0) is 34.2 Å². The Bertz CT molecular complexity index is 343. The summed E-state index contributed by atoms with van der Waals surface area (Å²) in [6.07, 6.45) is 2.46. The third-order valence-corrected chi connectivity index (χ3v) is 2.63. The SMILES string of the molecule is CCNC(COC(C)(C)C)Cc1ncnn1CC. The largest absolute Gasteiger partial charge is 0.374 e. The van der Waals surface area contributed by atoms with E-state index < -0.39 is 0 Å². The first-order valence-electron chi connectivity index (χ1n) is 6.70. The second kappa shape index (κ2) is 6.85. The Labute approximate surface area is 110 Å². The number of nitrogens with one attached hydrogen (secondary N) is 1. The quantitative estimate of drug-likeness (QED) is 0.803. The van der Waals surface area contributed by atoms with Crippen molar-refractivity contribution in [2.75, 3.05) is 13.2 Å². The molecular weight excluding hydrogens is 228 g/mol. The molecule has 5 nitrogen and oxygen atoms in total. The van der Waals surface area contributed by atoms with Crippen molar-refractivity contribution in [1.82, 2.24) is 20.1 Å². The van der Waals surface area contributed by atoms with Crippen LogP contribution in [-0.2, 0) is 17.7 Å². The van der Waals surface area contributed by atoms with Crippen molar-refractivity contribution >= 4 is 0 Å². The first-order valence-corrected chi connectivity index (χ1v) is 6.70. The molecule has 1 aromatic rings. The van der Waals surface area contributed by atoms with E-state index in [4.69, 9.17) is 4.74 Å². The molecule has 1 heterocycles. The van der Waals surface area contributed by atoms with Crippen LogP contribution in [0.3, 0.4) is 0 Å². The molecule has 0 aliphatic carbocycles. The zero-order chi connectivity index (χ0) is 13.6. The van der Waals surface area contributed by atoms with Gasteiger partial charge in [0.25, 0.3) is 0 Å². The third kappa shape index (κ3) is 5.14. The van der Waals surface area contributed by atoms with Gasteiger partial charge in [0.15, 0.2) is 0 Å². The highest BCUT2D eigenvalue weighted by atomic mass is 16.5. The lowest BCUT2D eigenvalue weighted by Gasteiger charge is -2.24. The van der Waals surface area contributed by atoms with E-state index in [0.29, 0.717) is 6.61 Å². The van der Waals surface area contributed by atoms with Crippen LogP contribution >= 0.6 is 0 Å². The van der Waals surface area contributed by atoms with Crippen LogP contribution in [0.4, 0.5) is 0 Å². The van der Waals surface area contributed by atoms with Gasteiger partial charge in [-0.1, -0.05) is 6.92 Å². The molecule has 0 bridgehead atoms. The Kier molecular flexibility index (Phi) is 5.75. The van der Waals surface area contributed by atoms with E-state index in [-0.39, 0.29) is 11.6 Å². The van der Waals surface area contributed by atoms with Gasteiger partial charge >= 0.3 is 0 Å². The number of ether oxygens (including phenoxy) is 1. The van der Waals surface area contributed by atoms with E-state index in [2.05, 4.69) is 50.0 Å². The maximum atomic E-state index is 5.85. The molecule has 0 fully saturated rings. The molecule has 1 atom stereocenters. The average Bonchev–Trinajstić information content (AvgIpc) is 2.72. The molecule has 1 aromatic heterocycles. The van der Waals surface area contributed by atoms with E-state index in [9.17, 15) is 0 Å². The molecule has 0 spiro atoms. The number of rotatable bonds is 7. The molecule has 0 aliphatic heterocycles. The lowest BCUT2D eigenvalue weighted by Crippen LogP contribution is -2.38. The normalized spacial score (nSPS) is 13.8. The van der Waals surface area contributed by atoms with Gasteiger partial charge in [-0.25, -0.2) is 4.98 Å². The van der Waals surface area contributed by atoms with E-state index in [1.165, 1.54) is 0 Å². The van der Waals surface area contributed by atoms with Gasteiger partial charge in [0.2, 0.25) is 0 Å². The molecule has 0 aliphatic rings. The monoisotopic (exact) mass is 254 g/mol. The molecular formula is C13H26N4O. The molecule has 1 unspecified atom stereocenters. The van der Waals surface area contributed by atoms with Crippen molar-refractivity contribution < 1.29 is 4.74 Å². The summed E-state index contributed by atoms with van der Waals surface area (Å²) in [7, 11) is 0. The van der Waals surface area contributed by atoms with Gasteiger partial charge in [-0.15, -0.1) is 0 Å². The Morgan fingerprint density at radius 1 is 1.39 bits per heavy atom. The highest BCUT2D eigenvalue weighted by molar-refractivity contribution is 4.90. The third-order valence-electron chi connectivity index (χ3n) is 2.63. The van der Waals surface area contributed by atoms with E-state index in [0.717, 1.165) is 25.3 Å². The highest BCUT2D eigenvalue weighted by Gasteiger charge is 2.17. The Balaban J connectivity index is 2.57. The summed E-state index contributed by atoms with van der Waals surface area (Å²) >= 11 is 0. The summed E-state index contributed by atoms with van der Waals surface area (Å²) in [6, 6.07) is 0.281. The Morgan fingerprint density at radius 3 is 2.67 bits per heavy atom. The van der Waals surface area contributed by atoms with Crippen LogP contribution in [0.2, 0.25) is 0 Å². The topological polar surface area (TPSA) is 52.0 Å². The molecule has 1 rings (SSSR count). The van der Waals surface area contributed by atoms with Gasteiger partial charge < -0.3 is 10.1 Å². The number of aryl methyl sites for hydroxylation is 1. The number of nitrogens with zero attached hydrogens (tertiary/aromatic N) is 3. The van der Waals surface area contributed by atoms with Gasteiger partial charge in [-0.3, -0.25) is 4.68 Å². The van der Waals surface area contributed by atoms with Crippen LogP contribution in [0, 0.1) is 0 Å². The molecule has 0 radical (unpaired) electrons. The second-order valence-electron chi connectivity index (χ2n) is 5.37. The Morgan fingerprint density at radius 2 is 2.11 bits per heavy atom. The fraction of sp³-hybridized carbons (Fsp3) is 0.846. The van der Waals surface area contributed by atoms with Gasteiger partial charge in [0.05, 0.1) is 12.2 Å². The minimum Gasteiger partial charge on any atom is -0.374 e. The van der Waals surface area contributed by atoms with Crippen molar-refractivity contribution in [2.45, 2.75) is 59.2 Å². The number of likely N-dealkylation sites (N-methyl/N-ethyl adjacent to an activating group) is 1. The lowest BCUT2D eigenvalue weighted by atomic mass is 10.1. The fourth-order valence-electron chi connectivity index (χ4n) is 1.76. The van der Waals surface area contributed by atoms with Crippen molar-refractivity contribution in [1.29, 1.82) is 0 Å². The minimum atomic E-state index is -0.105. The smallest absolute Gasteiger partial charge is 0.138 e. The van der Waals surface area contributed by atoms with Crippen LogP contribution in [-0.4, -0.2) is 39.6 Å². The molecule has 0 saturated carbocycles. The summed E-state index contributed by atoms with van der Waals surface area (Å²) in [5, 5.41) is 7.63. The summed E-state index contributed by atoms with van der Waals surface area (Å²) in [5.41, 5.74) is -0.105. The van der Waals surface area contributed by atoms with Gasteiger partial charge in [-0.2, -0.15) is 5.10 Å². The predicted molar refractivity (Wildman–Crippen MR) is 72.6 cm³/mol. The van der Waals surface area contributed by atoms with Crippen molar-refractivity contribution in [3.8, 4) is 0 Å². The summed E-state index contributed by atoms with van der Waals surface area (Å²) in [4.78, 5) is 4.31. The molecule has 0 aromatic carbocycles. The van der Waals surface area contributed by atoms with Crippen molar-refractivity contribution in [2.24, 2.45) is 0 Å². The number of hydrogen-bond acceptors (Lipinski definition) is 4. The molecule has 1 N–H and O–H groups in total. The molecule has 18 heavy (non-hydrogen) atoms. The lowest BCUT2D eigenvalue weighted by molar-refractivity contribution is -0.0144. The first kappa shape index (κ1) is 15.1. The van der Waals surface area contributed by atoms with Crippen molar-refractivity contribution in [3.63, 3.8) is 0 Å². The second-order valence-corrected chi connectivity index (χ2v) is 5.37. The summed E-state index contributed by atoms with van der Waals surface area (Å²) in [6.45, 7) is 12.9. The maximum Gasteiger partial charge on any atom is 0.138 e. The van der Waals surface area contributed by atoms with Crippen molar-refractivity contribution in [3.05, 3.63) is 12.2 Å². The molecule has 0 saturated heterocycles. The number of aromatic nitrogens is 3. The van der Waals surface area contributed by atoms with Crippen LogP contribution in [0.1, 0.15) is 40.4 Å². The van der Waals surface area contributed by atoms with E-state index in [1.54, 1.807) is 6.33 Å². The zero-order valence-electron chi connectivity index (χ0n) is 12.2. The highest BCUT2D eigenvalue weighted by Crippen LogP contribution is 2.09. The van der Waals surface area contributed by atoms with Crippen LogP contribution in [0.25, 0.3) is 0 Å². The predicted octanol–water partition coefficient (Wildman–Crippen LogP) is 1.63. The summed E-state index contributed by atoms with van der Waals surface area (Å²) < 4.78 is 7.78. The molecule has 5 heteroatoms. The van der Waals surface area contributed by atoms with Gasteiger partial charge in [0.1, 0.15) is 12.2 Å². The summed E-state index contributed by atoms with van der Waals surface area (Å²) in [5.74, 6) is 1.01. The van der Waals surface area contributed by atoms with Gasteiger partial charge in [0, 0.05) is 19.0 Å². The average molecular weight is 254 g/mol. The number of hydrogen-bond donors (Lipinski definition) is 1. The standard InChI is InChI=1S/C13H26N4O/c1-6-14-11(9-18-13(3,4)5)8-12-15-10-16-17(12)7-2/h10-11,14H,6-9H2,1-5H3.